The molecular weight excluding hydrogens is 472 g/mol. The third kappa shape index (κ3) is 5.28. The van der Waals surface area contributed by atoms with Crippen molar-refractivity contribution in [1.82, 2.24) is 10.0 Å². The quantitative estimate of drug-likeness (QED) is 0.215. The molecule has 3 amide bonds. The Morgan fingerprint density at radius 3 is 2.03 bits per heavy atom. The van der Waals surface area contributed by atoms with Crippen molar-refractivity contribution in [3.8, 4) is 5.75 Å². The lowest BCUT2D eigenvalue weighted by atomic mass is 10.1. The first-order chi connectivity index (χ1) is 16.8. The van der Waals surface area contributed by atoms with Gasteiger partial charge in [0.2, 0.25) is 11.8 Å². The maximum Gasteiger partial charge on any atom is 0.343 e. The molecule has 1 aliphatic heterocycles. The van der Waals surface area contributed by atoms with Crippen LogP contribution in [0.2, 0.25) is 5.02 Å². The Bertz CT molecular complexity index is 1290. The van der Waals surface area contributed by atoms with Gasteiger partial charge in [-0.05, 0) is 48.5 Å². The highest BCUT2D eigenvalue weighted by Gasteiger charge is 2.38. The number of hydrogen-bond donors (Lipinski definition) is 0. The normalized spacial score (nSPS) is 13.0. The molecule has 0 radical (unpaired) electrons. The maximum atomic E-state index is 13.2. The third-order valence-corrected chi connectivity index (χ3v) is 5.62. The first-order valence-corrected chi connectivity index (χ1v) is 11.1. The van der Waals surface area contributed by atoms with E-state index in [1.54, 1.807) is 42.5 Å². The Balaban J connectivity index is 1.53. The summed E-state index contributed by atoms with van der Waals surface area (Å²) in [5, 5.41) is 1.66. The summed E-state index contributed by atoms with van der Waals surface area (Å²) >= 11 is 6.14. The van der Waals surface area contributed by atoms with E-state index in [9.17, 15) is 24.0 Å². The molecule has 0 unspecified atom stereocenters. The van der Waals surface area contributed by atoms with Crippen LogP contribution < -0.4 is 4.74 Å². The zero-order chi connectivity index (χ0) is 24.9. The molecule has 0 bridgehead atoms. The van der Waals surface area contributed by atoms with Crippen molar-refractivity contribution in [3.63, 3.8) is 0 Å². The third-order valence-electron chi connectivity index (χ3n) is 5.30. The van der Waals surface area contributed by atoms with Crippen molar-refractivity contribution in [2.45, 2.75) is 12.8 Å². The van der Waals surface area contributed by atoms with Gasteiger partial charge in [0.1, 0.15) is 12.3 Å². The zero-order valence-electron chi connectivity index (χ0n) is 18.3. The van der Waals surface area contributed by atoms with E-state index in [1.165, 1.54) is 36.4 Å². The molecule has 0 aliphatic carbocycles. The maximum absolute atomic E-state index is 13.2. The van der Waals surface area contributed by atoms with E-state index >= 15 is 0 Å². The molecule has 1 saturated heterocycles. The van der Waals surface area contributed by atoms with Crippen molar-refractivity contribution >= 4 is 41.1 Å². The smallest absolute Gasteiger partial charge is 0.343 e. The second kappa shape index (κ2) is 10.3. The number of nitrogens with zero attached hydrogens (tertiary/aromatic N) is 2. The van der Waals surface area contributed by atoms with Gasteiger partial charge in [-0.25, -0.2) is 9.80 Å². The van der Waals surface area contributed by atoms with Gasteiger partial charge < -0.3 is 4.74 Å². The van der Waals surface area contributed by atoms with Crippen LogP contribution in [0.3, 0.4) is 0 Å². The number of amides is 3. The van der Waals surface area contributed by atoms with E-state index < -0.39 is 36.0 Å². The number of esters is 1. The van der Waals surface area contributed by atoms with Crippen molar-refractivity contribution in [1.29, 1.82) is 0 Å². The number of ketones is 1. The zero-order valence-corrected chi connectivity index (χ0v) is 19.1. The Morgan fingerprint density at radius 1 is 0.800 bits per heavy atom. The molecular formula is C26H19ClN2O6. The average Bonchev–Trinajstić information content (AvgIpc) is 3.20. The summed E-state index contributed by atoms with van der Waals surface area (Å²) in [6.45, 7) is -0.565. The molecule has 1 fully saturated rings. The van der Waals surface area contributed by atoms with E-state index in [4.69, 9.17) is 16.3 Å². The van der Waals surface area contributed by atoms with Gasteiger partial charge >= 0.3 is 5.97 Å². The van der Waals surface area contributed by atoms with Crippen LogP contribution >= 0.6 is 11.6 Å². The Kier molecular flexibility index (Phi) is 7.03. The number of rotatable bonds is 7. The molecule has 0 spiro atoms. The van der Waals surface area contributed by atoms with Gasteiger partial charge in [-0.1, -0.05) is 41.9 Å². The molecule has 1 heterocycles. The number of benzene rings is 3. The number of hydrogen-bond acceptors (Lipinski definition) is 6. The summed E-state index contributed by atoms with van der Waals surface area (Å²) in [6, 6.07) is 20.4. The summed E-state index contributed by atoms with van der Waals surface area (Å²) in [7, 11) is 0. The lowest BCUT2D eigenvalue weighted by Crippen LogP contribution is -2.51. The molecule has 0 atom stereocenters. The fourth-order valence-electron chi connectivity index (χ4n) is 3.52. The molecule has 3 aromatic carbocycles. The van der Waals surface area contributed by atoms with Crippen molar-refractivity contribution in [2.24, 2.45) is 0 Å². The number of carbonyl (C=O) groups excluding carboxylic acids is 5. The SMILES string of the molecule is O=C(CN(C(=O)c1ccccc1Cl)N1C(=O)CCC1=O)c1ccc(OC(=O)c2ccccc2)cc1. The standard InChI is InChI=1S/C26H19ClN2O6/c27-21-9-5-4-8-20(21)25(33)28(29-23(31)14-15-24(29)32)16-22(30)17-10-12-19(13-11-17)35-26(34)18-6-2-1-3-7-18/h1-13H,14-16H2. The number of imide groups is 1. The van der Waals surface area contributed by atoms with E-state index in [0.29, 0.717) is 10.6 Å². The monoisotopic (exact) mass is 490 g/mol. The average molecular weight is 491 g/mol. The molecule has 0 N–H and O–H groups in total. The van der Waals surface area contributed by atoms with Gasteiger partial charge in [0.25, 0.3) is 5.91 Å². The van der Waals surface area contributed by atoms with Crippen molar-refractivity contribution in [3.05, 3.63) is 101 Å². The molecule has 0 aromatic heterocycles. The second-order valence-electron chi connectivity index (χ2n) is 7.65. The minimum Gasteiger partial charge on any atom is -0.423 e. The molecule has 4 rings (SSSR count). The van der Waals surface area contributed by atoms with Crippen LogP contribution in [0.1, 0.15) is 43.9 Å². The highest BCUT2D eigenvalue weighted by Crippen LogP contribution is 2.23. The van der Waals surface area contributed by atoms with Gasteiger partial charge in [-0.2, -0.15) is 5.01 Å². The summed E-state index contributed by atoms with van der Waals surface area (Å²) in [5.74, 6) is -2.76. The number of hydrazine groups is 1. The number of ether oxygens (including phenoxy) is 1. The van der Waals surface area contributed by atoms with Crippen LogP contribution in [-0.4, -0.2) is 46.0 Å². The molecule has 176 valence electrons. The van der Waals surface area contributed by atoms with E-state index in [2.05, 4.69) is 0 Å². The fourth-order valence-corrected chi connectivity index (χ4v) is 3.73. The van der Waals surface area contributed by atoms with E-state index in [-0.39, 0.29) is 34.7 Å². The number of carbonyl (C=O) groups is 5. The summed E-state index contributed by atoms with van der Waals surface area (Å²) in [5.41, 5.74) is 0.625. The van der Waals surface area contributed by atoms with Crippen LogP contribution in [0.5, 0.6) is 5.75 Å². The fraction of sp³-hybridized carbons (Fsp3) is 0.115. The minimum atomic E-state index is -0.749. The predicted octanol–water partition coefficient (Wildman–Crippen LogP) is 3.95. The summed E-state index contributed by atoms with van der Waals surface area (Å²) in [4.78, 5) is 63.1. The predicted molar refractivity (Wildman–Crippen MR) is 126 cm³/mol. The lowest BCUT2D eigenvalue weighted by Gasteiger charge is -2.29. The van der Waals surface area contributed by atoms with Crippen molar-refractivity contribution in [2.75, 3.05) is 6.54 Å². The molecule has 1 aliphatic rings. The van der Waals surface area contributed by atoms with E-state index in [0.717, 1.165) is 5.01 Å². The van der Waals surface area contributed by atoms with Gasteiger partial charge in [-0.3, -0.25) is 19.2 Å². The Hall–Kier alpha value is -4.30. The molecule has 8 nitrogen and oxygen atoms in total. The first kappa shape index (κ1) is 23.8. The topological polar surface area (TPSA) is 101 Å². The highest BCUT2D eigenvalue weighted by atomic mass is 35.5. The molecule has 0 saturated carbocycles. The highest BCUT2D eigenvalue weighted by molar-refractivity contribution is 6.34. The van der Waals surface area contributed by atoms with Crippen LogP contribution in [0.15, 0.2) is 78.9 Å². The van der Waals surface area contributed by atoms with Gasteiger partial charge in [0.05, 0.1) is 16.1 Å². The van der Waals surface area contributed by atoms with Crippen LogP contribution in [0.4, 0.5) is 0 Å². The number of halogens is 1. The van der Waals surface area contributed by atoms with E-state index in [1.807, 2.05) is 0 Å². The molecule has 9 heteroatoms. The lowest BCUT2D eigenvalue weighted by molar-refractivity contribution is -0.152. The first-order valence-electron chi connectivity index (χ1n) is 10.7. The van der Waals surface area contributed by atoms with Crippen LogP contribution in [-0.2, 0) is 9.59 Å². The Morgan fingerprint density at radius 2 is 1.40 bits per heavy atom. The van der Waals surface area contributed by atoms with Crippen LogP contribution in [0.25, 0.3) is 0 Å². The summed E-state index contributed by atoms with van der Waals surface area (Å²) < 4.78 is 5.31. The van der Waals surface area contributed by atoms with Crippen molar-refractivity contribution < 1.29 is 28.7 Å². The van der Waals surface area contributed by atoms with Gasteiger partial charge in [0.15, 0.2) is 5.78 Å². The summed E-state index contributed by atoms with van der Waals surface area (Å²) in [6.07, 6.45) is -0.110. The minimum absolute atomic E-state index is 0.0534. The van der Waals surface area contributed by atoms with Gasteiger partial charge in [-0.15, -0.1) is 0 Å². The second-order valence-corrected chi connectivity index (χ2v) is 8.05. The molecule has 3 aromatic rings. The molecule has 35 heavy (non-hydrogen) atoms. The largest absolute Gasteiger partial charge is 0.423 e. The van der Waals surface area contributed by atoms with Gasteiger partial charge in [0, 0.05) is 18.4 Å². The number of Topliss-reactive ketones (excluding diaryl/α,β-unsaturated/α-hetero) is 1. The van der Waals surface area contributed by atoms with Crippen LogP contribution in [0, 0.1) is 0 Å². The Labute approximate surface area is 205 Å².